The topological polar surface area (TPSA) is 9.23 Å². The molecule has 21 heavy (non-hydrogen) atoms. The van der Waals surface area contributed by atoms with Gasteiger partial charge in [0.1, 0.15) is 6.10 Å². The van der Waals surface area contributed by atoms with Crippen molar-refractivity contribution in [3.63, 3.8) is 0 Å². The van der Waals surface area contributed by atoms with Crippen molar-refractivity contribution in [1.82, 2.24) is 0 Å². The number of hydrogen-bond acceptors (Lipinski definition) is 1. The first-order chi connectivity index (χ1) is 10.2. The molecular weight excluding hydrogens is 256 g/mol. The Morgan fingerprint density at radius 1 is 0.810 bits per heavy atom. The van der Waals surface area contributed by atoms with Gasteiger partial charge in [0.2, 0.25) is 0 Å². The first-order valence-corrected chi connectivity index (χ1v) is 7.27. The van der Waals surface area contributed by atoms with Gasteiger partial charge < -0.3 is 4.74 Å². The third-order valence-corrected chi connectivity index (χ3v) is 4.03. The highest BCUT2D eigenvalue weighted by Crippen LogP contribution is 2.31. The molecule has 0 saturated carbocycles. The lowest BCUT2D eigenvalue weighted by Crippen LogP contribution is -2.05. The van der Waals surface area contributed by atoms with Crippen LogP contribution in [-0.4, -0.2) is 7.11 Å². The molecule has 0 bridgehead atoms. The average molecular weight is 276 g/mol. The standard InChI is InChI=1S/C20H20O/c1-14-8-10-16(11-9-14)20(21-3)19-13-18-7-5-4-6-17(18)12-15(19)2/h4-13,20H,1-3H3. The van der Waals surface area contributed by atoms with E-state index in [1.54, 1.807) is 7.11 Å². The number of hydrogen-bond donors (Lipinski definition) is 0. The van der Waals surface area contributed by atoms with E-state index in [9.17, 15) is 0 Å². The molecule has 0 radical (unpaired) electrons. The van der Waals surface area contributed by atoms with E-state index >= 15 is 0 Å². The number of aryl methyl sites for hydroxylation is 2. The Kier molecular flexibility index (Phi) is 3.76. The minimum Gasteiger partial charge on any atom is -0.372 e. The number of benzene rings is 3. The lowest BCUT2D eigenvalue weighted by Gasteiger charge is -2.19. The first kappa shape index (κ1) is 13.8. The molecule has 0 aliphatic rings. The van der Waals surface area contributed by atoms with E-state index in [-0.39, 0.29) is 6.10 Å². The third kappa shape index (κ3) is 2.70. The molecule has 0 spiro atoms. The lowest BCUT2D eigenvalue weighted by atomic mass is 9.94. The van der Waals surface area contributed by atoms with Gasteiger partial charge in [-0.25, -0.2) is 0 Å². The molecule has 0 fully saturated rings. The molecular formula is C20H20O. The van der Waals surface area contributed by atoms with Crippen molar-refractivity contribution >= 4 is 10.8 Å². The van der Waals surface area contributed by atoms with Crippen LogP contribution < -0.4 is 0 Å². The monoisotopic (exact) mass is 276 g/mol. The van der Waals surface area contributed by atoms with Crippen molar-refractivity contribution in [2.45, 2.75) is 20.0 Å². The molecule has 3 aromatic rings. The zero-order valence-electron chi connectivity index (χ0n) is 12.8. The predicted molar refractivity (Wildman–Crippen MR) is 88.7 cm³/mol. The molecule has 0 amide bonds. The molecule has 0 heterocycles. The maximum absolute atomic E-state index is 5.79. The van der Waals surface area contributed by atoms with Crippen LogP contribution in [-0.2, 0) is 4.74 Å². The van der Waals surface area contributed by atoms with Crippen LogP contribution in [0.1, 0.15) is 28.4 Å². The molecule has 106 valence electrons. The van der Waals surface area contributed by atoms with Crippen molar-refractivity contribution in [2.24, 2.45) is 0 Å². The van der Waals surface area contributed by atoms with Crippen molar-refractivity contribution in [1.29, 1.82) is 0 Å². The molecule has 1 nitrogen and oxygen atoms in total. The second-order valence-corrected chi connectivity index (χ2v) is 5.58. The van der Waals surface area contributed by atoms with Gasteiger partial charge in [0.25, 0.3) is 0 Å². The summed E-state index contributed by atoms with van der Waals surface area (Å²) in [5.41, 5.74) is 4.96. The second kappa shape index (κ2) is 5.71. The molecule has 3 rings (SSSR count). The number of rotatable bonds is 3. The molecule has 3 aromatic carbocycles. The second-order valence-electron chi connectivity index (χ2n) is 5.58. The largest absolute Gasteiger partial charge is 0.372 e. The van der Waals surface area contributed by atoms with E-state index in [4.69, 9.17) is 4.74 Å². The van der Waals surface area contributed by atoms with E-state index in [2.05, 4.69) is 74.5 Å². The third-order valence-electron chi connectivity index (χ3n) is 4.03. The summed E-state index contributed by atoms with van der Waals surface area (Å²) >= 11 is 0. The maximum Gasteiger partial charge on any atom is 0.107 e. The first-order valence-electron chi connectivity index (χ1n) is 7.27. The van der Waals surface area contributed by atoms with Gasteiger partial charge in [0.05, 0.1) is 0 Å². The SMILES string of the molecule is COC(c1ccc(C)cc1)c1cc2ccccc2cc1C. The fourth-order valence-electron chi connectivity index (χ4n) is 2.84. The Bertz CT molecular complexity index is 756. The highest BCUT2D eigenvalue weighted by molar-refractivity contribution is 5.84. The van der Waals surface area contributed by atoms with Gasteiger partial charge in [0, 0.05) is 7.11 Å². The van der Waals surface area contributed by atoms with Crippen molar-refractivity contribution < 1.29 is 4.74 Å². The van der Waals surface area contributed by atoms with Gasteiger partial charge in [0.15, 0.2) is 0 Å². The Labute approximate surface area is 126 Å². The molecule has 0 aliphatic heterocycles. The molecule has 0 saturated heterocycles. The summed E-state index contributed by atoms with van der Waals surface area (Å²) in [4.78, 5) is 0. The van der Waals surface area contributed by atoms with E-state index in [1.165, 1.54) is 33.0 Å². The summed E-state index contributed by atoms with van der Waals surface area (Å²) in [6, 6.07) is 21.5. The zero-order valence-corrected chi connectivity index (χ0v) is 12.8. The van der Waals surface area contributed by atoms with E-state index < -0.39 is 0 Å². The van der Waals surface area contributed by atoms with Gasteiger partial charge in [-0.1, -0.05) is 60.2 Å². The summed E-state index contributed by atoms with van der Waals surface area (Å²) in [5.74, 6) is 0. The predicted octanol–water partition coefficient (Wildman–Crippen LogP) is 5.19. The quantitative estimate of drug-likeness (QED) is 0.639. The number of methoxy groups -OCH3 is 1. The summed E-state index contributed by atoms with van der Waals surface area (Å²) in [6.45, 7) is 4.26. The van der Waals surface area contributed by atoms with Crippen LogP contribution in [0.3, 0.4) is 0 Å². The van der Waals surface area contributed by atoms with Crippen LogP contribution in [0.4, 0.5) is 0 Å². The van der Waals surface area contributed by atoms with Crippen LogP contribution in [0.2, 0.25) is 0 Å². The lowest BCUT2D eigenvalue weighted by molar-refractivity contribution is 0.136. The highest BCUT2D eigenvalue weighted by Gasteiger charge is 2.16. The van der Waals surface area contributed by atoms with Gasteiger partial charge in [-0.3, -0.25) is 0 Å². The molecule has 0 aromatic heterocycles. The van der Waals surface area contributed by atoms with Crippen molar-refractivity contribution in [3.05, 3.63) is 82.9 Å². The van der Waals surface area contributed by atoms with Crippen LogP contribution in [0.25, 0.3) is 10.8 Å². The van der Waals surface area contributed by atoms with Crippen LogP contribution >= 0.6 is 0 Å². The average Bonchev–Trinajstić information content (AvgIpc) is 2.50. The normalized spacial score (nSPS) is 12.5. The van der Waals surface area contributed by atoms with Crippen LogP contribution in [0, 0.1) is 13.8 Å². The number of ether oxygens (including phenoxy) is 1. The van der Waals surface area contributed by atoms with Gasteiger partial charge >= 0.3 is 0 Å². The van der Waals surface area contributed by atoms with Crippen LogP contribution in [0.15, 0.2) is 60.7 Å². The molecule has 0 aliphatic carbocycles. The van der Waals surface area contributed by atoms with E-state index in [0.717, 1.165) is 0 Å². The molecule has 1 atom stereocenters. The summed E-state index contributed by atoms with van der Waals surface area (Å²) in [7, 11) is 1.78. The maximum atomic E-state index is 5.79. The van der Waals surface area contributed by atoms with Gasteiger partial charge in [-0.05, 0) is 47.4 Å². The zero-order chi connectivity index (χ0) is 14.8. The Hall–Kier alpha value is -2.12. The van der Waals surface area contributed by atoms with Crippen molar-refractivity contribution in [2.75, 3.05) is 7.11 Å². The summed E-state index contributed by atoms with van der Waals surface area (Å²) in [5, 5.41) is 2.53. The van der Waals surface area contributed by atoms with Gasteiger partial charge in [-0.15, -0.1) is 0 Å². The molecule has 1 heteroatoms. The van der Waals surface area contributed by atoms with E-state index in [0.29, 0.717) is 0 Å². The summed E-state index contributed by atoms with van der Waals surface area (Å²) < 4.78 is 5.79. The smallest absolute Gasteiger partial charge is 0.107 e. The van der Waals surface area contributed by atoms with E-state index in [1.807, 2.05) is 0 Å². The molecule has 1 unspecified atom stereocenters. The highest BCUT2D eigenvalue weighted by atomic mass is 16.5. The molecule has 0 N–H and O–H groups in total. The Balaban J connectivity index is 2.12. The van der Waals surface area contributed by atoms with Crippen molar-refractivity contribution in [3.8, 4) is 0 Å². The Morgan fingerprint density at radius 3 is 2.05 bits per heavy atom. The summed E-state index contributed by atoms with van der Waals surface area (Å²) in [6.07, 6.45) is -0.0183. The fourth-order valence-corrected chi connectivity index (χ4v) is 2.84. The number of fused-ring (bicyclic) bond motifs is 1. The fraction of sp³-hybridized carbons (Fsp3) is 0.200. The minimum absolute atomic E-state index is 0.0183. The Morgan fingerprint density at radius 2 is 1.43 bits per heavy atom. The minimum atomic E-state index is -0.0183. The van der Waals surface area contributed by atoms with Gasteiger partial charge in [-0.2, -0.15) is 0 Å². The van der Waals surface area contributed by atoms with Crippen LogP contribution in [0.5, 0.6) is 0 Å².